The van der Waals surface area contributed by atoms with Crippen LogP contribution >= 0.6 is 7.82 Å². The Bertz CT molecular complexity index is 758. The molecule has 0 rings (SSSR count). The number of rotatable bonds is 33. The summed E-state index contributed by atoms with van der Waals surface area (Å²) in [6, 6.07) is 0. The summed E-state index contributed by atoms with van der Waals surface area (Å²) in [6.07, 6.45) is 24.4. The van der Waals surface area contributed by atoms with Crippen LogP contribution in [0.15, 0.2) is 0 Å². The molecule has 0 spiro atoms. The Morgan fingerprint density at radius 1 is 0.600 bits per heavy atom. The molecule has 0 bridgehead atoms. The van der Waals surface area contributed by atoms with E-state index in [1.807, 2.05) is 21.1 Å². The van der Waals surface area contributed by atoms with Gasteiger partial charge in [-0.05, 0) is 12.8 Å². The predicted octanol–water partition coefficient (Wildman–Crippen LogP) is 9.29. The monoisotopic (exact) mass is 664 g/mol. The molecule has 2 atom stereocenters. The number of esters is 2. The lowest BCUT2D eigenvalue weighted by Gasteiger charge is -2.24. The van der Waals surface area contributed by atoms with Gasteiger partial charge in [-0.2, -0.15) is 0 Å². The van der Waals surface area contributed by atoms with Gasteiger partial charge in [0.2, 0.25) is 0 Å². The smallest absolute Gasteiger partial charge is 0.462 e. The highest BCUT2D eigenvalue weighted by Crippen LogP contribution is 2.43. The van der Waals surface area contributed by atoms with E-state index in [1.54, 1.807) is 0 Å². The molecule has 0 saturated heterocycles. The van der Waals surface area contributed by atoms with E-state index in [-0.39, 0.29) is 25.6 Å². The van der Waals surface area contributed by atoms with Crippen LogP contribution in [0.25, 0.3) is 0 Å². The van der Waals surface area contributed by atoms with Gasteiger partial charge in [0, 0.05) is 12.8 Å². The Labute approximate surface area is 276 Å². The molecule has 0 aromatic carbocycles. The number of phosphoric ester groups is 1. The lowest BCUT2D eigenvalue weighted by Crippen LogP contribution is -2.37. The molecule has 0 aliphatic rings. The second kappa shape index (κ2) is 29.2. The van der Waals surface area contributed by atoms with Gasteiger partial charge in [-0.3, -0.25) is 18.6 Å². The number of phosphoric acid groups is 1. The van der Waals surface area contributed by atoms with Crippen LogP contribution in [-0.2, 0) is 32.7 Å². The molecule has 0 radical (unpaired) electrons. The summed E-state index contributed by atoms with van der Waals surface area (Å²) in [4.78, 5) is 35.0. The van der Waals surface area contributed by atoms with Crippen LogP contribution in [0.1, 0.15) is 162 Å². The van der Waals surface area contributed by atoms with Gasteiger partial charge in [-0.1, -0.05) is 136 Å². The highest BCUT2D eigenvalue weighted by molar-refractivity contribution is 7.47. The van der Waals surface area contributed by atoms with Crippen molar-refractivity contribution in [3.63, 3.8) is 0 Å². The number of unbranched alkanes of at least 4 members (excludes halogenated alkanes) is 19. The molecule has 0 aliphatic heterocycles. The summed E-state index contributed by atoms with van der Waals surface area (Å²) in [5.74, 6) is -0.796. The first kappa shape index (κ1) is 44.0. The van der Waals surface area contributed by atoms with Crippen LogP contribution in [0, 0.1) is 0 Å². The van der Waals surface area contributed by atoms with Gasteiger partial charge in [0.15, 0.2) is 6.10 Å². The Hall–Kier alpha value is -0.990. The number of hydrogen-bond donors (Lipinski definition) is 1. The van der Waals surface area contributed by atoms with Crippen molar-refractivity contribution in [1.82, 2.24) is 0 Å². The predicted molar refractivity (Wildman–Crippen MR) is 183 cm³/mol. The number of carbonyl (C=O) groups excluding carboxylic acids is 2. The number of quaternary nitrogens is 1. The molecule has 1 N–H and O–H groups in total. The Morgan fingerprint density at radius 3 is 1.42 bits per heavy atom. The summed E-state index contributed by atoms with van der Waals surface area (Å²) in [6.45, 7) is 4.39. The van der Waals surface area contributed by atoms with Crippen molar-refractivity contribution in [3.05, 3.63) is 0 Å². The quantitative estimate of drug-likeness (QED) is 0.0320. The third kappa shape index (κ3) is 32.7. The largest absolute Gasteiger partial charge is 0.472 e. The molecular formula is C35H71NO8P+. The highest BCUT2D eigenvalue weighted by atomic mass is 31.2. The van der Waals surface area contributed by atoms with Gasteiger partial charge >= 0.3 is 19.8 Å². The lowest BCUT2D eigenvalue weighted by atomic mass is 10.0. The molecule has 45 heavy (non-hydrogen) atoms. The van der Waals surface area contributed by atoms with E-state index in [0.29, 0.717) is 23.9 Å². The topological polar surface area (TPSA) is 108 Å². The molecule has 0 aromatic heterocycles. The van der Waals surface area contributed by atoms with Crippen LogP contribution in [0.2, 0.25) is 0 Å². The minimum Gasteiger partial charge on any atom is -0.462 e. The van der Waals surface area contributed by atoms with Crippen molar-refractivity contribution < 1.29 is 42.1 Å². The van der Waals surface area contributed by atoms with E-state index >= 15 is 0 Å². The van der Waals surface area contributed by atoms with E-state index in [4.69, 9.17) is 18.5 Å². The molecule has 10 heteroatoms. The van der Waals surface area contributed by atoms with Crippen molar-refractivity contribution >= 4 is 19.8 Å². The normalized spacial score (nSPS) is 13.8. The zero-order chi connectivity index (χ0) is 33.7. The zero-order valence-corrected chi connectivity index (χ0v) is 30.8. The van der Waals surface area contributed by atoms with Crippen LogP contribution in [-0.4, -0.2) is 74.9 Å². The SMILES string of the molecule is CCCCCCCCCCCCCCC(=O)OCC(COP(=O)(O)OCC[N+](C)(C)C)OC(=O)CCCCCCCCCCC. The highest BCUT2D eigenvalue weighted by Gasteiger charge is 2.27. The molecular weight excluding hydrogens is 593 g/mol. The number of hydrogen-bond acceptors (Lipinski definition) is 7. The molecule has 0 fully saturated rings. The number of likely N-dealkylation sites (N-methyl/N-ethyl adjacent to an activating group) is 1. The maximum atomic E-state index is 12.5. The van der Waals surface area contributed by atoms with Crippen molar-refractivity contribution in [2.45, 2.75) is 168 Å². The van der Waals surface area contributed by atoms with Crippen molar-refractivity contribution in [1.29, 1.82) is 0 Å². The van der Waals surface area contributed by atoms with Gasteiger partial charge in [-0.25, -0.2) is 4.57 Å². The second-order valence-corrected chi connectivity index (χ2v) is 15.1. The molecule has 0 heterocycles. The fourth-order valence-corrected chi connectivity index (χ4v) is 5.70. The molecule has 0 amide bonds. The van der Waals surface area contributed by atoms with Crippen LogP contribution in [0.5, 0.6) is 0 Å². The number of nitrogens with zero attached hydrogens (tertiary/aromatic N) is 1. The summed E-state index contributed by atoms with van der Waals surface area (Å²) < 4.78 is 34.0. The number of carbonyl (C=O) groups is 2. The Kier molecular flexibility index (Phi) is 28.5. The molecule has 9 nitrogen and oxygen atoms in total. The van der Waals surface area contributed by atoms with E-state index < -0.39 is 26.5 Å². The first-order valence-corrected chi connectivity index (χ1v) is 19.8. The summed E-state index contributed by atoms with van der Waals surface area (Å²) in [5, 5.41) is 0. The maximum absolute atomic E-state index is 12.5. The van der Waals surface area contributed by atoms with Crippen molar-refractivity contribution in [3.8, 4) is 0 Å². The van der Waals surface area contributed by atoms with Gasteiger partial charge in [0.25, 0.3) is 0 Å². The van der Waals surface area contributed by atoms with Gasteiger partial charge in [0.1, 0.15) is 19.8 Å². The standard InChI is InChI=1S/C35H70NO8P/c1-6-8-10-12-14-16-17-18-20-21-23-25-27-34(37)41-31-33(32-43-45(39,40)42-30-29-36(3,4)5)44-35(38)28-26-24-22-19-15-13-11-9-7-2/h33H,6-32H2,1-5H3/p+1. The summed E-state index contributed by atoms with van der Waals surface area (Å²) in [7, 11) is 1.49. The summed E-state index contributed by atoms with van der Waals surface area (Å²) >= 11 is 0. The van der Waals surface area contributed by atoms with Crippen LogP contribution in [0.3, 0.4) is 0 Å². The molecule has 2 unspecified atom stereocenters. The minimum absolute atomic E-state index is 0.0361. The lowest BCUT2D eigenvalue weighted by molar-refractivity contribution is -0.870. The van der Waals surface area contributed by atoms with Gasteiger partial charge < -0.3 is 18.9 Å². The minimum atomic E-state index is -4.35. The second-order valence-electron chi connectivity index (χ2n) is 13.6. The van der Waals surface area contributed by atoms with E-state index in [0.717, 1.165) is 32.1 Å². The fraction of sp³-hybridized carbons (Fsp3) is 0.943. The van der Waals surface area contributed by atoms with Crippen molar-refractivity contribution in [2.24, 2.45) is 0 Å². The van der Waals surface area contributed by atoms with Crippen LogP contribution in [0.4, 0.5) is 0 Å². The summed E-state index contributed by atoms with van der Waals surface area (Å²) in [5.41, 5.74) is 0. The Balaban J connectivity index is 4.43. The van der Waals surface area contributed by atoms with E-state index in [2.05, 4.69) is 13.8 Å². The maximum Gasteiger partial charge on any atom is 0.472 e. The van der Waals surface area contributed by atoms with Gasteiger partial charge in [0.05, 0.1) is 27.7 Å². The molecule has 268 valence electrons. The zero-order valence-electron chi connectivity index (χ0n) is 29.9. The number of ether oxygens (including phenoxy) is 2. The molecule has 0 saturated carbocycles. The van der Waals surface area contributed by atoms with E-state index in [9.17, 15) is 19.0 Å². The fourth-order valence-electron chi connectivity index (χ4n) is 4.95. The first-order valence-electron chi connectivity index (χ1n) is 18.3. The average Bonchev–Trinajstić information content (AvgIpc) is 2.97. The molecule has 0 aliphatic carbocycles. The van der Waals surface area contributed by atoms with Gasteiger partial charge in [-0.15, -0.1) is 0 Å². The first-order chi connectivity index (χ1) is 21.5. The van der Waals surface area contributed by atoms with E-state index in [1.165, 1.54) is 96.3 Å². The third-order valence-corrected chi connectivity index (χ3v) is 8.87. The molecule has 0 aromatic rings. The third-order valence-electron chi connectivity index (χ3n) is 7.89. The van der Waals surface area contributed by atoms with Crippen LogP contribution < -0.4 is 0 Å². The van der Waals surface area contributed by atoms with Crippen molar-refractivity contribution in [2.75, 3.05) is 47.5 Å². The average molecular weight is 665 g/mol. The Morgan fingerprint density at radius 2 is 1.00 bits per heavy atom.